The van der Waals surface area contributed by atoms with Gasteiger partial charge in [-0.25, -0.2) is 0 Å². The summed E-state index contributed by atoms with van der Waals surface area (Å²) >= 11 is 0. The fourth-order valence-electron chi connectivity index (χ4n) is 2.28. The monoisotopic (exact) mass is 199 g/mol. The second kappa shape index (κ2) is 3.70. The molecule has 1 nitrogen and oxygen atoms in total. The van der Waals surface area contributed by atoms with Crippen LogP contribution in [-0.2, 0) is 19.3 Å². The fourth-order valence-corrected chi connectivity index (χ4v) is 2.28. The van der Waals surface area contributed by atoms with E-state index in [1.54, 1.807) is 0 Å². The van der Waals surface area contributed by atoms with Gasteiger partial charge in [0.1, 0.15) is 0 Å². The first-order valence-corrected chi connectivity index (χ1v) is 5.63. The largest absolute Gasteiger partial charge is 0.198 e. The molecule has 0 aliphatic heterocycles. The molecule has 0 unspecified atom stereocenters. The number of benzene rings is 1. The van der Waals surface area contributed by atoms with Gasteiger partial charge >= 0.3 is 0 Å². The molecule has 0 radical (unpaired) electrons. The fraction of sp³-hybridized carbons (Fsp3) is 0.500. The van der Waals surface area contributed by atoms with E-state index in [-0.39, 0.29) is 5.41 Å². The predicted molar refractivity (Wildman–Crippen MR) is 61.6 cm³/mol. The number of hydrogen-bond donors (Lipinski definition) is 0. The Kier molecular flexibility index (Phi) is 2.52. The lowest BCUT2D eigenvalue weighted by Gasteiger charge is -2.15. The molecule has 0 fully saturated rings. The van der Waals surface area contributed by atoms with Gasteiger partial charge in [0.05, 0.1) is 11.5 Å². The molecular formula is C14H17N. The molecule has 0 saturated carbocycles. The molecule has 15 heavy (non-hydrogen) atoms. The van der Waals surface area contributed by atoms with E-state index in [0.29, 0.717) is 0 Å². The van der Waals surface area contributed by atoms with E-state index >= 15 is 0 Å². The molecule has 0 bridgehead atoms. The predicted octanol–water partition coefficient (Wildman–Crippen LogP) is 3.27. The third kappa shape index (κ3) is 2.21. The summed E-state index contributed by atoms with van der Waals surface area (Å²) in [4.78, 5) is 0. The van der Waals surface area contributed by atoms with Crippen molar-refractivity contribution in [3.8, 4) is 6.07 Å². The van der Waals surface area contributed by atoms with Gasteiger partial charge in [-0.2, -0.15) is 5.26 Å². The van der Waals surface area contributed by atoms with E-state index in [1.165, 1.54) is 36.0 Å². The lowest BCUT2D eigenvalue weighted by atomic mass is 9.86. The first-order chi connectivity index (χ1) is 7.11. The summed E-state index contributed by atoms with van der Waals surface area (Å²) < 4.78 is 0. The van der Waals surface area contributed by atoms with E-state index < -0.39 is 0 Å². The van der Waals surface area contributed by atoms with Crippen LogP contribution in [0.2, 0.25) is 0 Å². The Labute approximate surface area is 91.7 Å². The highest BCUT2D eigenvalue weighted by Gasteiger charge is 2.18. The third-order valence-corrected chi connectivity index (χ3v) is 3.11. The molecule has 0 heterocycles. The number of nitriles is 1. The van der Waals surface area contributed by atoms with Crippen LogP contribution in [0.25, 0.3) is 0 Å². The highest BCUT2D eigenvalue weighted by Crippen LogP contribution is 2.26. The zero-order valence-electron chi connectivity index (χ0n) is 9.51. The number of hydrogen-bond acceptors (Lipinski definition) is 1. The van der Waals surface area contributed by atoms with Gasteiger partial charge in [-0.3, -0.25) is 0 Å². The summed E-state index contributed by atoms with van der Waals surface area (Å²) in [7, 11) is 0. The van der Waals surface area contributed by atoms with Gasteiger partial charge in [0.15, 0.2) is 0 Å². The van der Waals surface area contributed by atoms with Gasteiger partial charge in [0.2, 0.25) is 0 Å². The normalized spacial score (nSPS) is 14.7. The molecule has 0 aromatic heterocycles. The molecular weight excluding hydrogens is 182 g/mol. The van der Waals surface area contributed by atoms with Crippen molar-refractivity contribution in [2.45, 2.75) is 39.5 Å². The maximum Gasteiger partial charge on any atom is 0.0687 e. The van der Waals surface area contributed by atoms with Crippen LogP contribution in [0, 0.1) is 16.7 Å². The minimum absolute atomic E-state index is 0.243. The third-order valence-electron chi connectivity index (χ3n) is 3.11. The molecule has 0 N–H and O–H groups in total. The van der Waals surface area contributed by atoms with Crippen molar-refractivity contribution in [1.29, 1.82) is 5.26 Å². The highest BCUT2D eigenvalue weighted by molar-refractivity contribution is 5.36. The average molecular weight is 199 g/mol. The van der Waals surface area contributed by atoms with Crippen LogP contribution in [0.15, 0.2) is 18.2 Å². The van der Waals surface area contributed by atoms with E-state index in [9.17, 15) is 0 Å². The first-order valence-electron chi connectivity index (χ1n) is 5.63. The number of aryl methyl sites for hydroxylation is 2. The van der Waals surface area contributed by atoms with Gasteiger partial charge < -0.3 is 0 Å². The standard InChI is InChI=1S/C14H17N/c1-14(2,10-15)9-11-6-7-12-4-3-5-13(12)8-11/h6-8H,3-5,9H2,1-2H3. The summed E-state index contributed by atoms with van der Waals surface area (Å²) in [5.74, 6) is 0. The molecule has 1 aliphatic carbocycles. The second-order valence-corrected chi connectivity index (χ2v) is 5.13. The summed E-state index contributed by atoms with van der Waals surface area (Å²) in [6, 6.07) is 9.08. The molecule has 1 aliphatic rings. The van der Waals surface area contributed by atoms with Crippen LogP contribution < -0.4 is 0 Å². The number of fused-ring (bicyclic) bond motifs is 1. The van der Waals surface area contributed by atoms with E-state index in [2.05, 4.69) is 24.3 Å². The summed E-state index contributed by atoms with van der Waals surface area (Å²) in [6.45, 7) is 4.00. The van der Waals surface area contributed by atoms with Crippen LogP contribution in [0.4, 0.5) is 0 Å². The lowest BCUT2D eigenvalue weighted by Crippen LogP contribution is -2.11. The average Bonchev–Trinajstić information content (AvgIpc) is 2.64. The summed E-state index contributed by atoms with van der Waals surface area (Å²) in [5.41, 5.74) is 4.07. The zero-order valence-corrected chi connectivity index (χ0v) is 9.51. The maximum absolute atomic E-state index is 9.00. The van der Waals surface area contributed by atoms with Crippen LogP contribution in [0.1, 0.15) is 37.0 Å². The second-order valence-electron chi connectivity index (χ2n) is 5.13. The summed E-state index contributed by atoms with van der Waals surface area (Å²) in [6.07, 6.45) is 4.60. The molecule has 78 valence electrons. The SMILES string of the molecule is CC(C)(C#N)Cc1ccc2c(c1)CCC2. The molecule has 0 spiro atoms. The Hall–Kier alpha value is -1.29. The van der Waals surface area contributed by atoms with Crippen molar-refractivity contribution >= 4 is 0 Å². The number of rotatable bonds is 2. The van der Waals surface area contributed by atoms with Crippen molar-refractivity contribution in [2.75, 3.05) is 0 Å². The first kappa shape index (κ1) is 10.2. The molecule has 1 heteroatoms. The van der Waals surface area contributed by atoms with Gasteiger partial charge in [0.25, 0.3) is 0 Å². The van der Waals surface area contributed by atoms with Crippen LogP contribution >= 0.6 is 0 Å². The van der Waals surface area contributed by atoms with Crippen molar-refractivity contribution in [3.63, 3.8) is 0 Å². The Balaban J connectivity index is 2.21. The van der Waals surface area contributed by atoms with E-state index in [1.807, 2.05) is 13.8 Å². The van der Waals surface area contributed by atoms with Crippen molar-refractivity contribution in [1.82, 2.24) is 0 Å². The quantitative estimate of drug-likeness (QED) is 0.717. The Morgan fingerprint density at radius 2 is 2.00 bits per heavy atom. The summed E-state index contributed by atoms with van der Waals surface area (Å²) in [5, 5.41) is 9.00. The van der Waals surface area contributed by atoms with Gasteiger partial charge in [0, 0.05) is 0 Å². The van der Waals surface area contributed by atoms with Crippen molar-refractivity contribution in [3.05, 3.63) is 34.9 Å². The maximum atomic E-state index is 9.00. The minimum atomic E-state index is -0.243. The number of nitrogens with zero attached hydrogens (tertiary/aromatic N) is 1. The van der Waals surface area contributed by atoms with E-state index in [4.69, 9.17) is 5.26 Å². The molecule has 0 saturated heterocycles. The van der Waals surface area contributed by atoms with Gasteiger partial charge in [-0.15, -0.1) is 0 Å². The Morgan fingerprint density at radius 3 is 2.73 bits per heavy atom. The molecule has 1 aromatic carbocycles. The molecule has 0 amide bonds. The van der Waals surface area contributed by atoms with E-state index in [0.717, 1.165) is 6.42 Å². The van der Waals surface area contributed by atoms with Crippen LogP contribution in [-0.4, -0.2) is 0 Å². The van der Waals surface area contributed by atoms with Crippen LogP contribution in [0.5, 0.6) is 0 Å². The Morgan fingerprint density at radius 1 is 1.27 bits per heavy atom. The Bertz CT molecular complexity index is 410. The van der Waals surface area contributed by atoms with Gasteiger partial charge in [-0.05, 0) is 56.2 Å². The van der Waals surface area contributed by atoms with Crippen LogP contribution in [0.3, 0.4) is 0 Å². The topological polar surface area (TPSA) is 23.8 Å². The highest BCUT2D eigenvalue weighted by atomic mass is 14.3. The van der Waals surface area contributed by atoms with Crippen molar-refractivity contribution in [2.24, 2.45) is 5.41 Å². The zero-order chi connectivity index (χ0) is 10.9. The molecule has 1 aromatic rings. The molecule has 2 rings (SSSR count). The molecule has 0 atom stereocenters. The minimum Gasteiger partial charge on any atom is -0.198 e. The lowest BCUT2D eigenvalue weighted by molar-refractivity contribution is 0.493. The smallest absolute Gasteiger partial charge is 0.0687 e. The van der Waals surface area contributed by atoms with Gasteiger partial charge in [-0.1, -0.05) is 18.2 Å². The van der Waals surface area contributed by atoms with Crippen molar-refractivity contribution < 1.29 is 0 Å².